The van der Waals surface area contributed by atoms with Crippen LogP contribution in [0, 0.1) is 6.92 Å². The Hall–Kier alpha value is -2.43. The fraction of sp³-hybridized carbons (Fsp3) is 0.263. The highest BCUT2D eigenvalue weighted by Crippen LogP contribution is 2.41. The molecule has 0 bridgehead atoms. The van der Waals surface area contributed by atoms with Gasteiger partial charge in [0.1, 0.15) is 11.5 Å². The Labute approximate surface area is 138 Å². The fourth-order valence-corrected chi connectivity index (χ4v) is 3.00. The molecule has 1 heterocycles. The summed E-state index contributed by atoms with van der Waals surface area (Å²) >= 11 is 0. The summed E-state index contributed by atoms with van der Waals surface area (Å²) in [6, 6.07) is 7.89. The van der Waals surface area contributed by atoms with Crippen LogP contribution in [0.2, 0.25) is 0 Å². The third kappa shape index (κ3) is 3.25. The summed E-state index contributed by atoms with van der Waals surface area (Å²) in [6.45, 7) is 4.61. The Balaban J connectivity index is 2.01. The van der Waals surface area contributed by atoms with Gasteiger partial charge in [-0.3, -0.25) is 0 Å². The standard InChI is InChI=1S/C19H17F3O2/c1-3-4-15-12(2)11-17(18-16(15)9-10-23-18)13-5-7-14(8-6-13)24-19(20,21)22/h3-8,11H,9-10H2,1-2H3/b4-3+. The molecular formula is C19H17F3O2. The molecule has 0 N–H and O–H groups in total. The second-order valence-corrected chi connectivity index (χ2v) is 5.63. The summed E-state index contributed by atoms with van der Waals surface area (Å²) in [4.78, 5) is 0. The lowest BCUT2D eigenvalue weighted by molar-refractivity contribution is -0.274. The quantitative estimate of drug-likeness (QED) is 0.735. The van der Waals surface area contributed by atoms with Gasteiger partial charge in [0.25, 0.3) is 0 Å². The maximum Gasteiger partial charge on any atom is 0.573 e. The Morgan fingerprint density at radius 2 is 1.88 bits per heavy atom. The van der Waals surface area contributed by atoms with Gasteiger partial charge < -0.3 is 9.47 Å². The first kappa shape index (κ1) is 16.4. The Morgan fingerprint density at radius 3 is 2.50 bits per heavy atom. The number of allylic oxidation sites excluding steroid dienone is 1. The number of fused-ring (bicyclic) bond motifs is 1. The molecule has 2 aromatic rings. The molecule has 2 nitrogen and oxygen atoms in total. The van der Waals surface area contributed by atoms with Crippen molar-refractivity contribution in [2.24, 2.45) is 0 Å². The Kier molecular flexibility index (Phi) is 4.26. The number of hydrogen-bond donors (Lipinski definition) is 0. The summed E-state index contributed by atoms with van der Waals surface area (Å²) < 4.78 is 46.5. The molecule has 2 aromatic carbocycles. The first-order valence-electron chi connectivity index (χ1n) is 7.67. The van der Waals surface area contributed by atoms with Crippen molar-refractivity contribution in [3.05, 3.63) is 53.1 Å². The SMILES string of the molecule is C/C=C/c1c(C)cc(-c2ccc(OC(F)(F)F)cc2)c2c1CCO2. The van der Waals surface area contributed by atoms with Gasteiger partial charge in [0, 0.05) is 17.5 Å². The van der Waals surface area contributed by atoms with Gasteiger partial charge in [-0.25, -0.2) is 0 Å². The van der Waals surface area contributed by atoms with E-state index in [0.717, 1.165) is 40.0 Å². The monoisotopic (exact) mass is 334 g/mol. The molecule has 0 saturated carbocycles. The van der Waals surface area contributed by atoms with Gasteiger partial charge in [-0.1, -0.05) is 24.3 Å². The first-order valence-corrected chi connectivity index (χ1v) is 7.67. The van der Waals surface area contributed by atoms with E-state index in [1.807, 2.05) is 26.0 Å². The lowest BCUT2D eigenvalue weighted by Crippen LogP contribution is -2.16. The van der Waals surface area contributed by atoms with Crippen LogP contribution in [0.1, 0.15) is 23.6 Å². The van der Waals surface area contributed by atoms with Crippen molar-refractivity contribution in [1.29, 1.82) is 0 Å². The minimum atomic E-state index is -4.68. The van der Waals surface area contributed by atoms with Crippen molar-refractivity contribution < 1.29 is 22.6 Å². The molecule has 1 aliphatic rings. The molecule has 0 aromatic heterocycles. The van der Waals surface area contributed by atoms with Crippen LogP contribution in [0.15, 0.2) is 36.4 Å². The lowest BCUT2D eigenvalue weighted by atomic mass is 9.93. The molecule has 0 spiro atoms. The van der Waals surface area contributed by atoms with Gasteiger partial charge in [0.15, 0.2) is 0 Å². The van der Waals surface area contributed by atoms with Gasteiger partial charge >= 0.3 is 6.36 Å². The highest BCUT2D eigenvalue weighted by Gasteiger charge is 2.31. The van der Waals surface area contributed by atoms with Crippen molar-refractivity contribution in [1.82, 2.24) is 0 Å². The second-order valence-electron chi connectivity index (χ2n) is 5.63. The van der Waals surface area contributed by atoms with Crippen LogP contribution < -0.4 is 9.47 Å². The van der Waals surface area contributed by atoms with E-state index in [1.54, 1.807) is 12.1 Å². The zero-order valence-electron chi connectivity index (χ0n) is 13.4. The molecular weight excluding hydrogens is 317 g/mol. The lowest BCUT2D eigenvalue weighted by Gasteiger charge is -2.14. The van der Waals surface area contributed by atoms with E-state index in [9.17, 15) is 13.2 Å². The van der Waals surface area contributed by atoms with E-state index in [4.69, 9.17) is 4.74 Å². The van der Waals surface area contributed by atoms with E-state index < -0.39 is 6.36 Å². The zero-order chi connectivity index (χ0) is 17.3. The predicted octanol–water partition coefficient (Wildman–Crippen LogP) is 5.53. The molecule has 0 aliphatic carbocycles. The predicted molar refractivity (Wildman–Crippen MR) is 87.2 cm³/mol. The number of halogens is 3. The van der Waals surface area contributed by atoms with Gasteiger partial charge in [-0.05, 0) is 48.7 Å². The van der Waals surface area contributed by atoms with Crippen molar-refractivity contribution in [2.45, 2.75) is 26.6 Å². The molecule has 3 rings (SSSR count). The van der Waals surface area contributed by atoms with Gasteiger partial charge in [0.2, 0.25) is 0 Å². The topological polar surface area (TPSA) is 18.5 Å². The fourth-order valence-electron chi connectivity index (χ4n) is 3.00. The number of aryl methyl sites for hydroxylation is 1. The van der Waals surface area contributed by atoms with Crippen LogP contribution in [0.25, 0.3) is 17.2 Å². The molecule has 0 atom stereocenters. The summed E-state index contributed by atoms with van der Waals surface area (Å²) in [7, 11) is 0. The van der Waals surface area contributed by atoms with Gasteiger partial charge in [0.05, 0.1) is 6.61 Å². The zero-order valence-corrected chi connectivity index (χ0v) is 13.4. The summed E-state index contributed by atoms with van der Waals surface area (Å²) in [6.07, 6.45) is 0.201. The maximum absolute atomic E-state index is 12.3. The van der Waals surface area contributed by atoms with Gasteiger partial charge in [-0.2, -0.15) is 0 Å². The minimum absolute atomic E-state index is 0.230. The van der Waals surface area contributed by atoms with Crippen molar-refractivity contribution in [2.75, 3.05) is 6.61 Å². The van der Waals surface area contributed by atoms with E-state index in [1.165, 1.54) is 12.1 Å². The number of benzene rings is 2. The normalized spacial score (nSPS) is 13.9. The molecule has 0 amide bonds. The average Bonchev–Trinajstić information content (AvgIpc) is 2.98. The Morgan fingerprint density at radius 1 is 1.17 bits per heavy atom. The number of alkyl halides is 3. The van der Waals surface area contributed by atoms with E-state index >= 15 is 0 Å². The van der Waals surface area contributed by atoms with Gasteiger partial charge in [-0.15, -0.1) is 13.2 Å². The number of ether oxygens (including phenoxy) is 2. The number of rotatable bonds is 3. The molecule has 126 valence electrons. The molecule has 0 fully saturated rings. The van der Waals surface area contributed by atoms with E-state index in [2.05, 4.69) is 10.8 Å². The highest BCUT2D eigenvalue weighted by molar-refractivity contribution is 5.78. The average molecular weight is 334 g/mol. The van der Waals surface area contributed by atoms with E-state index in [0.29, 0.717) is 6.61 Å². The maximum atomic E-state index is 12.3. The third-order valence-electron chi connectivity index (χ3n) is 3.96. The summed E-state index contributed by atoms with van der Waals surface area (Å²) in [5.74, 6) is 0.587. The van der Waals surface area contributed by atoms with Crippen molar-refractivity contribution >= 4 is 6.08 Å². The van der Waals surface area contributed by atoms with Crippen molar-refractivity contribution in [3.63, 3.8) is 0 Å². The van der Waals surface area contributed by atoms with Crippen LogP contribution in [-0.2, 0) is 6.42 Å². The molecule has 1 aliphatic heterocycles. The summed E-state index contributed by atoms with van der Waals surface area (Å²) in [5.41, 5.74) is 5.12. The minimum Gasteiger partial charge on any atom is -0.492 e. The van der Waals surface area contributed by atoms with Crippen LogP contribution >= 0.6 is 0 Å². The van der Waals surface area contributed by atoms with Crippen LogP contribution in [-0.4, -0.2) is 13.0 Å². The van der Waals surface area contributed by atoms with Crippen LogP contribution in [0.5, 0.6) is 11.5 Å². The largest absolute Gasteiger partial charge is 0.573 e. The first-order chi connectivity index (χ1) is 11.4. The molecule has 0 saturated heterocycles. The highest BCUT2D eigenvalue weighted by atomic mass is 19.4. The van der Waals surface area contributed by atoms with Crippen molar-refractivity contribution in [3.8, 4) is 22.6 Å². The molecule has 24 heavy (non-hydrogen) atoms. The molecule has 0 radical (unpaired) electrons. The Bertz CT molecular complexity index is 775. The smallest absolute Gasteiger partial charge is 0.492 e. The molecule has 5 heteroatoms. The third-order valence-corrected chi connectivity index (χ3v) is 3.96. The number of hydrogen-bond acceptors (Lipinski definition) is 2. The summed E-state index contributed by atoms with van der Waals surface area (Å²) in [5, 5.41) is 0. The molecule has 0 unspecified atom stereocenters. The van der Waals surface area contributed by atoms with Crippen LogP contribution in [0.4, 0.5) is 13.2 Å². The van der Waals surface area contributed by atoms with Crippen LogP contribution in [0.3, 0.4) is 0 Å². The second kappa shape index (κ2) is 6.23. The van der Waals surface area contributed by atoms with E-state index in [-0.39, 0.29) is 5.75 Å².